The minimum Gasteiger partial charge on any atom is -0.346 e. The van der Waals surface area contributed by atoms with Gasteiger partial charge in [0.25, 0.3) is 0 Å². The first-order valence-electron chi connectivity index (χ1n) is 7.39. The molecule has 3 N–H and O–H groups in total. The Morgan fingerprint density at radius 1 is 1.58 bits per heavy atom. The number of rotatable bonds is 6. The zero-order valence-electron chi connectivity index (χ0n) is 13.1. The van der Waals surface area contributed by atoms with E-state index in [1.807, 2.05) is 0 Å². The van der Waals surface area contributed by atoms with Gasteiger partial charge in [-0.25, -0.2) is 23.3 Å². The Morgan fingerprint density at radius 3 is 3.04 bits per heavy atom. The average Bonchev–Trinajstić information content (AvgIpc) is 2.89. The largest absolute Gasteiger partial charge is 0.484 e. The van der Waals surface area contributed by atoms with Crippen LogP contribution in [0.4, 0.5) is 4.39 Å². The summed E-state index contributed by atoms with van der Waals surface area (Å²) >= 11 is 0. The summed E-state index contributed by atoms with van der Waals surface area (Å²) < 4.78 is 63.7. The fourth-order valence-electron chi connectivity index (χ4n) is 2.45. The van der Waals surface area contributed by atoms with Crippen molar-refractivity contribution in [1.82, 2.24) is 9.55 Å². The number of nitrogens with zero attached hydrogens (tertiary/aromatic N) is 2. The lowest BCUT2D eigenvalue weighted by Crippen LogP contribution is -2.38. The van der Waals surface area contributed by atoms with Crippen molar-refractivity contribution in [3.05, 3.63) is 28.9 Å². The normalized spacial score (nSPS) is 36.4. The van der Waals surface area contributed by atoms with Crippen LogP contribution in [0.5, 0.6) is 0 Å². The molecule has 2 fully saturated rings. The summed E-state index contributed by atoms with van der Waals surface area (Å²) in [5, 5.41) is 0. The zero-order valence-corrected chi connectivity index (χ0v) is 14.9. The van der Waals surface area contributed by atoms with Crippen molar-refractivity contribution in [3.63, 3.8) is 0 Å². The number of ether oxygens (including phenoxy) is 1. The topological polar surface area (TPSA) is 161 Å². The third-order valence-electron chi connectivity index (χ3n) is 3.50. The molecule has 3 rings (SSSR count). The highest BCUT2D eigenvalue weighted by atomic mass is 31.3. The Morgan fingerprint density at radius 2 is 2.35 bits per heavy atom. The van der Waals surface area contributed by atoms with E-state index in [-0.39, 0.29) is 13.2 Å². The van der Waals surface area contributed by atoms with Crippen molar-refractivity contribution < 1.29 is 41.0 Å². The van der Waals surface area contributed by atoms with E-state index in [0.29, 0.717) is 0 Å². The molecule has 146 valence electrons. The first-order chi connectivity index (χ1) is 12.2. The first-order valence-corrected chi connectivity index (χ1v) is 10.3. The highest BCUT2D eigenvalue weighted by Crippen LogP contribution is 2.66. The van der Waals surface area contributed by atoms with Gasteiger partial charge in [0.1, 0.15) is 12.2 Å². The van der Waals surface area contributed by atoms with E-state index in [1.54, 1.807) is 0 Å². The Hall–Kier alpha value is -1.01. The van der Waals surface area contributed by atoms with Crippen molar-refractivity contribution >= 4 is 15.6 Å². The Balaban J connectivity index is 1.74. The number of aromatic nitrogens is 2. The van der Waals surface area contributed by atoms with Crippen LogP contribution in [-0.2, 0) is 31.7 Å². The summed E-state index contributed by atoms with van der Waals surface area (Å²) in [4.78, 5) is 24.7. The molecule has 26 heavy (non-hydrogen) atoms. The Labute approximate surface area is 146 Å². The smallest absolute Gasteiger partial charge is 0.346 e. The van der Waals surface area contributed by atoms with E-state index < -0.39 is 52.5 Å². The van der Waals surface area contributed by atoms with Gasteiger partial charge < -0.3 is 15.4 Å². The summed E-state index contributed by atoms with van der Waals surface area (Å²) in [6.07, 6.45) is -3.31. The van der Waals surface area contributed by atoms with Gasteiger partial charge in [0.2, 0.25) is 0 Å². The van der Waals surface area contributed by atoms with Crippen LogP contribution in [0.1, 0.15) is 6.23 Å². The van der Waals surface area contributed by atoms with Crippen LogP contribution in [0.3, 0.4) is 0 Å². The third-order valence-corrected chi connectivity index (χ3v) is 6.60. The standard InChI is InChI=1S/C11H16FN3O9P2/c12-8-9-7(22-10(8)15-4-1-3-14-11(15)16)6-21-26(19,23-9)24-25(17,18)20-5-2-13/h1,3-4,7-10H,2,5-6,13H2,(H,17,18)/t7-,8?,9-,10-,26?/m1/s1. The fraction of sp³-hybridized carbons (Fsp3) is 0.636. The molecule has 12 nitrogen and oxygen atoms in total. The van der Waals surface area contributed by atoms with Crippen molar-refractivity contribution in [1.29, 1.82) is 0 Å². The van der Waals surface area contributed by atoms with Crippen LogP contribution < -0.4 is 11.4 Å². The molecule has 1 aromatic heterocycles. The molecule has 0 radical (unpaired) electrons. The van der Waals surface area contributed by atoms with Crippen LogP contribution in [0.25, 0.3) is 0 Å². The highest BCUT2D eigenvalue weighted by Gasteiger charge is 2.56. The molecule has 3 unspecified atom stereocenters. The van der Waals surface area contributed by atoms with Crippen molar-refractivity contribution in [2.75, 3.05) is 19.8 Å². The number of hydrogen-bond acceptors (Lipinski definition) is 10. The minimum absolute atomic E-state index is 0.0907. The van der Waals surface area contributed by atoms with E-state index in [4.69, 9.17) is 19.5 Å². The van der Waals surface area contributed by atoms with E-state index >= 15 is 0 Å². The van der Waals surface area contributed by atoms with Crippen LogP contribution in [0, 0.1) is 0 Å². The molecule has 2 saturated heterocycles. The van der Waals surface area contributed by atoms with Gasteiger partial charge in [-0.3, -0.25) is 18.1 Å². The summed E-state index contributed by atoms with van der Waals surface area (Å²) in [5.41, 5.74) is 4.37. The lowest BCUT2D eigenvalue weighted by atomic mass is 10.1. The van der Waals surface area contributed by atoms with Gasteiger partial charge in [0.05, 0.1) is 13.2 Å². The van der Waals surface area contributed by atoms with Gasteiger partial charge in [0, 0.05) is 18.9 Å². The zero-order chi connectivity index (χ0) is 18.9. The second-order valence-corrected chi connectivity index (χ2v) is 8.52. The predicted molar refractivity (Wildman–Crippen MR) is 81.7 cm³/mol. The number of alkyl halides is 1. The van der Waals surface area contributed by atoms with E-state index in [1.165, 1.54) is 18.5 Å². The Kier molecular flexibility index (Phi) is 5.73. The molecule has 0 amide bonds. The molecule has 1 aromatic rings. The molecule has 0 aromatic carbocycles. The number of phosphoric ester groups is 2. The monoisotopic (exact) mass is 415 g/mol. The van der Waals surface area contributed by atoms with Gasteiger partial charge in [-0.1, -0.05) is 0 Å². The molecule has 15 heteroatoms. The number of hydrogen-bond donors (Lipinski definition) is 2. The molecule has 0 aliphatic carbocycles. The molecular formula is C11H16FN3O9P2. The SMILES string of the molecule is NCCOP(=O)(O)OP1(=O)OC[C@H]2O[C@@H](n3cccnc3=O)C(F)[C@@H]2O1. The maximum Gasteiger partial charge on any atom is 0.484 e. The van der Waals surface area contributed by atoms with Crippen molar-refractivity contribution in [2.45, 2.75) is 24.6 Å². The average molecular weight is 415 g/mol. The first kappa shape index (κ1) is 19.7. The van der Waals surface area contributed by atoms with Gasteiger partial charge in [-0.15, -0.1) is 0 Å². The maximum absolute atomic E-state index is 14.7. The maximum atomic E-state index is 14.7. The summed E-state index contributed by atoms with van der Waals surface area (Å²) in [6.45, 7) is -0.891. The molecule has 0 saturated carbocycles. The summed E-state index contributed by atoms with van der Waals surface area (Å²) in [5.74, 6) is 0. The number of phosphoric acid groups is 2. The molecule has 2 aliphatic heterocycles. The lowest BCUT2D eigenvalue weighted by Gasteiger charge is -2.30. The lowest BCUT2D eigenvalue weighted by molar-refractivity contribution is -0.0680. The second kappa shape index (κ2) is 7.55. The molecule has 2 aliphatic rings. The van der Waals surface area contributed by atoms with Crippen molar-refractivity contribution in [3.8, 4) is 0 Å². The fourth-order valence-corrected chi connectivity index (χ4v) is 5.26. The summed E-state index contributed by atoms with van der Waals surface area (Å²) in [6, 6.07) is 1.40. The number of fused-ring (bicyclic) bond motifs is 1. The van der Waals surface area contributed by atoms with E-state index in [2.05, 4.69) is 13.8 Å². The number of halogens is 1. The molecule has 0 spiro atoms. The van der Waals surface area contributed by atoms with Crippen LogP contribution in [-0.4, -0.2) is 52.6 Å². The number of nitrogens with two attached hydrogens (primary N) is 1. The quantitative estimate of drug-likeness (QED) is 0.606. The highest BCUT2D eigenvalue weighted by molar-refractivity contribution is 7.61. The minimum atomic E-state index is -4.80. The predicted octanol–water partition coefficient (Wildman–Crippen LogP) is 0.0946. The van der Waals surface area contributed by atoms with Gasteiger partial charge in [-0.2, -0.15) is 4.31 Å². The third kappa shape index (κ3) is 4.11. The van der Waals surface area contributed by atoms with E-state index in [9.17, 15) is 23.2 Å². The molecular weight excluding hydrogens is 399 g/mol. The molecule has 3 heterocycles. The van der Waals surface area contributed by atoms with Crippen LogP contribution in [0.15, 0.2) is 23.3 Å². The summed E-state index contributed by atoms with van der Waals surface area (Å²) in [7, 11) is -9.42. The van der Waals surface area contributed by atoms with E-state index in [0.717, 1.165) is 4.57 Å². The van der Waals surface area contributed by atoms with Gasteiger partial charge in [-0.05, 0) is 6.07 Å². The second-order valence-electron chi connectivity index (χ2n) is 5.30. The van der Waals surface area contributed by atoms with Crippen molar-refractivity contribution in [2.24, 2.45) is 5.73 Å². The van der Waals surface area contributed by atoms with Crippen LogP contribution in [0.2, 0.25) is 0 Å². The van der Waals surface area contributed by atoms with Gasteiger partial charge >= 0.3 is 21.3 Å². The Bertz CT molecular complexity index is 807. The van der Waals surface area contributed by atoms with Crippen LogP contribution >= 0.6 is 15.6 Å². The molecule has 6 atom stereocenters. The van der Waals surface area contributed by atoms with Gasteiger partial charge in [0.15, 0.2) is 12.4 Å². The molecule has 0 bridgehead atoms.